The molecule has 0 saturated carbocycles. The average Bonchev–Trinajstić information content (AvgIpc) is 2.99. The maximum Gasteiger partial charge on any atom is 0.234 e. The molecule has 0 aromatic carbocycles. The number of amides is 1. The summed E-state index contributed by atoms with van der Waals surface area (Å²) in [5.41, 5.74) is 0. The first-order valence-electron chi connectivity index (χ1n) is 5.11. The highest BCUT2D eigenvalue weighted by Gasteiger charge is 2.48. The van der Waals surface area contributed by atoms with Gasteiger partial charge in [0.05, 0.1) is 0 Å². The van der Waals surface area contributed by atoms with Crippen LogP contribution in [-0.4, -0.2) is 28.2 Å². The maximum absolute atomic E-state index is 11.8. The van der Waals surface area contributed by atoms with Crippen LogP contribution in [0.2, 0.25) is 0 Å². The van der Waals surface area contributed by atoms with Gasteiger partial charge in [0, 0.05) is 18.8 Å². The lowest BCUT2D eigenvalue weighted by Gasteiger charge is -2.16. The zero-order valence-electron chi connectivity index (χ0n) is 8.17. The van der Waals surface area contributed by atoms with Crippen LogP contribution in [0.4, 0.5) is 5.95 Å². The molecular formula is C10H11N3O2. The van der Waals surface area contributed by atoms with Crippen molar-refractivity contribution in [2.45, 2.75) is 31.6 Å². The summed E-state index contributed by atoms with van der Waals surface area (Å²) < 4.78 is 5.42. The van der Waals surface area contributed by atoms with Crippen LogP contribution in [0.25, 0.3) is 0 Å². The van der Waals surface area contributed by atoms with Gasteiger partial charge in [-0.1, -0.05) is 0 Å². The Bertz CT molecular complexity index is 382. The number of hydrogen-bond donors (Lipinski definition) is 0. The SMILES string of the molecule is O=C1CCCC2OC2N1c1ncccn1. The molecule has 0 aliphatic carbocycles. The van der Waals surface area contributed by atoms with Crippen LogP contribution in [0.15, 0.2) is 18.5 Å². The summed E-state index contributed by atoms with van der Waals surface area (Å²) in [6.07, 6.45) is 5.76. The van der Waals surface area contributed by atoms with E-state index in [1.54, 1.807) is 23.4 Å². The molecule has 78 valence electrons. The minimum Gasteiger partial charge on any atom is -0.347 e. The van der Waals surface area contributed by atoms with Gasteiger partial charge in [-0.25, -0.2) is 9.97 Å². The molecule has 1 aromatic heterocycles. The van der Waals surface area contributed by atoms with E-state index in [1.807, 2.05) is 0 Å². The molecule has 15 heavy (non-hydrogen) atoms. The molecule has 0 N–H and O–H groups in total. The van der Waals surface area contributed by atoms with Crippen LogP contribution in [0.3, 0.4) is 0 Å². The van der Waals surface area contributed by atoms with E-state index in [0.29, 0.717) is 12.4 Å². The Labute approximate surface area is 87.1 Å². The van der Waals surface area contributed by atoms with E-state index in [0.717, 1.165) is 12.8 Å². The van der Waals surface area contributed by atoms with Crippen molar-refractivity contribution >= 4 is 11.9 Å². The number of ether oxygens (including phenoxy) is 1. The number of epoxide rings is 1. The van der Waals surface area contributed by atoms with Gasteiger partial charge in [0.15, 0.2) is 6.23 Å². The summed E-state index contributed by atoms with van der Waals surface area (Å²) >= 11 is 0. The number of rotatable bonds is 1. The third-order valence-corrected chi connectivity index (χ3v) is 2.73. The zero-order chi connectivity index (χ0) is 10.3. The smallest absolute Gasteiger partial charge is 0.234 e. The van der Waals surface area contributed by atoms with Gasteiger partial charge in [-0.2, -0.15) is 0 Å². The molecule has 1 amide bonds. The van der Waals surface area contributed by atoms with E-state index < -0.39 is 0 Å². The number of nitrogens with zero attached hydrogens (tertiary/aromatic N) is 3. The lowest BCUT2D eigenvalue weighted by molar-refractivity contribution is -0.119. The quantitative estimate of drug-likeness (QED) is 0.634. The van der Waals surface area contributed by atoms with E-state index in [-0.39, 0.29) is 18.2 Å². The Balaban J connectivity index is 1.92. The summed E-state index contributed by atoms with van der Waals surface area (Å²) in [5, 5.41) is 0. The third-order valence-electron chi connectivity index (χ3n) is 2.73. The fraction of sp³-hybridized carbons (Fsp3) is 0.500. The molecule has 2 unspecified atom stereocenters. The first-order valence-corrected chi connectivity index (χ1v) is 5.11. The molecule has 3 rings (SSSR count). The second kappa shape index (κ2) is 3.27. The van der Waals surface area contributed by atoms with Crippen molar-refractivity contribution in [3.63, 3.8) is 0 Å². The Kier molecular flexibility index (Phi) is 1.92. The summed E-state index contributed by atoms with van der Waals surface area (Å²) in [7, 11) is 0. The van der Waals surface area contributed by atoms with Crippen molar-refractivity contribution < 1.29 is 9.53 Å². The van der Waals surface area contributed by atoms with Crippen molar-refractivity contribution in [1.29, 1.82) is 0 Å². The van der Waals surface area contributed by atoms with Gasteiger partial charge in [0.25, 0.3) is 0 Å². The number of aromatic nitrogens is 2. The Morgan fingerprint density at radius 3 is 3.00 bits per heavy atom. The van der Waals surface area contributed by atoms with E-state index in [2.05, 4.69) is 9.97 Å². The van der Waals surface area contributed by atoms with Crippen molar-refractivity contribution in [2.24, 2.45) is 0 Å². The molecule has 2 fully saturated rings. The van der Waals surface area contributed by atoms with E-state index >= 15 is 0 Å². The predicted octanol–water partition coefficient (Wildman–Crippen LogP) is 0.718. The molecule has 0 bridgehead atoms. The van der Waals surface area contributed by atoms with Crippen LogP contribution in [0, 0.1) is 0 Å². The molecule has 2 atom stereocenters. The number of carbonyl (C=O) groups excluding carboxylic acids is 1. The van der Waals surface area contributed by atoms with Crippen molar-refractivity contribution in [1.82, 2.24) is 9.97 Å². The molecular weight excluding hydrogens is 194 g/mol. The zero-order valence-corrected chi connectivity index (χ0v) is 8.17. The van der Waals surface area contributed by atoms with Crippen LogP contribution in [0.1, 0.15) is 19.3 Å². The summed E-state index contributed by atoms with van der Waals surface area (Å²) in [4.78, 5) is 21.6. The second-order valence-electron chi connectivity index (χ2n) is 3.77. The van der Waals surface area contributed by atoms with Gasteiger partial charge in [0.1, 0.15) is 6.10 Å². The minimum atomic E-state index is -0.123. The average molecular weight is 205 g/mol. The van der Waals surface area contributed by atoms with Crippen molar-refractivity contribution in [2.75, 3.05) is 4.90 Å². The Hall–Kier alpha value is -1.49. The van der Waals surface area contributed by atoms with Crippen LogP contribution >= 0.6 is 0 Å². The number of fused-ring (bicyclic) bond motifs is 1. The number of anilines is 1. The van der Waals surface area contributed by atoms with Gasteiger partial charge >= 0.3 is 0 Å². The fourth-order valence-corrected chi connectivity index (χ4v) is 1.93. The van der Waals surface area contributed by atoms with Gasteiger partial charge in [-0.15, -0.1) is 0 Å². The largest absolute Gasteiger partial charge is 0.347 e. The van der Waals surface area contributed by atoms with Gasteiger partial charge in [-0.3, -0.25) is 9.69 Å². The van der Waals surface area contributed by atoms with E-state index in [9.17, 15) is 4.79 Å². The maximum atomic E-state index is 11.8. The molecule has 2 aliphatic heterocycles. The van der Waals surface area contributed by atoms with Crippen molar-refractivity contribution in [3.8, 4) is 0 Å². The normalized spacial score (nSPS) is 29.6. The fourth-order valence-electron chi connectivity index (χ4n) is 1.93. The first-order chi connectivity index (χ1) is 7.36. The molecule has 1 aromatic rings. The topological polar surface area (TPSA) is 58.6 Å². The van der Waals surface area contributed by atoms with Crippen LogP contribution < -0.4 is 4.90 Å². The van der Waals surface area contributed by atoms with E-state index in [4.69, 9.17) is 4.74 Å². The van der Waals surface area contributed by atoms with Crippen LogP contribution in [-0.2, 0) is 9.53 Å². The summed E-state index contributed by atoms with van der Waals surface area (Å²) in [5.74, 6) is 0.517. The lowest BCUT2D eigenvalue weighted by atomic mass is 10.2. The monoisotopic (exact) mass is 205 g/mol. The molecule has 0 radical (unpaired) electrons. The lowest BCUT2D eigenvalue weighted by Crippen LogP contribution is -2.34. The molecule has 2 saturated heterocycles. The van der Waals surface area contributed by atoms with Gasteiger partial charge in [-0.05, 0) is 18.9 Å². The molecule has 5 heteroatoms. The summed E-state index contributed by atoms with van der Waals surface area (Å²) in [6.45, 7) is 0. The van der Waals surface area contributed by atoms with Crippen molar-refractivity contribution in [3.05, 3.63) is 18.5 Å². The summed E-state index contributed by atoms with van der Waals surface area (Å²) in [6, 6.07) is 1.73. The van der Waals surface area contributed by atoms with E-state index in [1.165, 1.54) is 0 Å². The Morgan fingerprint density at radius 2 is 2.20 bits per heavy atom. The van der Waals surface area contributed by atoms with Gasteiger partial charge < -0.3 is 4.74 Å². The Morgan fingerprint density at radius 1 is 1.40 bits per heavy atom. The minimum absolute atomic E-state index is 0.0613. The molecule has 0 spiro atoms. The van der Waals surface area contributed by atoms with Gasteiger partial charge in [0.2, 0.25) is 11.9 Å². The first kappa shape index (κ1) is 8.79. The number of carbonyl (C=O) groups is 1. The van der Waals surface area contributed by atoms with Crippen LogP contribution in [0.5, 0.6) is 0 Å². The predicted molar refractivity (Wildman–Crippen MR) is 52.0 cm³/mol. The second-order valence-corrected chi connectivity index (χ2v) is 3.77. The highest BCUT2D eigenvalue weighted by atomic mass is 16.6. The highest BCUT2D eigenvalue weighted by Crippen LogP contribution is 2.35. The standard InChI is InChI=1S/C10H11N3O2/c14-8-4-1-3-7-9(15-7)13(8)10-11-5-2-6-12-10/h2,5-7,9H,1,3-4H2. The molecule has 5 nitrogen and oxygen atoms in total. The highest BCUT2D eigenvalue weighted by molar-refractivity contribution is 5.92. The molecule has 2 aliphatic rings. The molecule has 3 heterocycles. The third kappa shape index (κ3) is 1.48. The number of hydrogen-bond acceptors (Lipinski definition) is 4.